The molecule has 6 heteroatoms. The lowest BCUT2D eigenvalue weighted by molar-refractivity contribution is -0.873. The van der Waals surface area contributed by atoms with E-state index < -0.39 is 7.82 Å². The lowest BCUT2D eigenvalue weighted by atomic mass is 10.1. The van der Waals surface area contributed by atoms with E-state index in [2.05, 4.69) is 6.92 Å². The summed E-state index contributed by atoms with van der Waals surface area (Å²) in [6.45, 7) is 2.83. The molecule has 1 atom stereocenters. The van der Waals surface area contributed by atoms with Gasteiger partial charge >= 0.3 is 7.82 Å². The van der Waals surface area contributed by atoms with Gasteiger partial charge in [0, 0.05) is 0 Å². The fourth-order valence-electron chi connectivity index (χ4n) is 2.49. The Bertz CT molecular complexity index is 299. The molecule has 0 radical (unpaired) electrons. The quantitative estimate of drug-likeness (QED) is 0.308. The molecule has 0 aliphatic rings. The number of quaternary nitrogens is 1. The van der Waals surface area contributed by atoms with Crippen LogP contribution in [0.2, 0.25) is 0 Å². The monoisotopic (exact) mass is 324 g/mol. The minimum absolute atomic E-state index is 0.370. The molecule has 0 aromatic carbocycles. The van der Waals surface area contributed by atoms with Gasteiger partial charge < -0.3 is 14.3 Å². The third-order valence-corrected chi connectivity index (χ3v) is 3.99. The Balaban J connectivity index is 3.88. The van der Waals surface area contributed by atoms with Gasteiger partial charge in [-0.1, -0.05) is 58.3 Å². The number of rotatable bonds is 13. The number of nitrogens with zero attached hydrogens (tertiary/aromatic N) is 1. The molecule has 0 spiro atoms. The number of phosphoric ester groups is 1. The highest BCUT2D eigenvalue weighted by atomic mass is 31.2. The highest BCUT2D eigenvalue weighted by Crippen LogP contribution is 2.39. The molecule has 0 bridgehead atoms. The van der Waals surface area contributed by atoms with E-state index in [-0.39, 0.29) is 6.10 Å². The number of likely N-dealkylation sites (N-methyl/N-ethyl adjacent to an activating group) is 1. The maximum atomic E-state index is 11.0. The zero-order valence-corrected chi connectivity index (χ0v) is 15.1. The van der Waals surface area contributed by atoms with Gasteiger partial charge in [-0.2, -0.15) is 0 Å². The number of hydrogen-bond acceptors (Lipinski definition) is 2. The van der Waals surface area contributed by atoms with E-state index >= 15 is 0 Å². The Morgan fingerprint density at radius 2 is 1.43 bits per heavy atom. The average Bonchev–Trinajstić information content (AvgIpc) is 2.28. The molecular weight excluding hydrogens is 289 g/mol. The van der Waals surface area contributed by atoms with Crippen molar-refractivity contribution in [2.45, 2.75) is 70.8 Å². The second-order valence-corrected chi connectivity index (χ2v) is 8.15. The van der Waals surface area contributed by atoms with Gasteiger partial charge in [-0.15, -0.1) is 0 Å². The summed E-state index contributed by atoms with van der Waals surface area (Å²) in [5.74, 6) is 0. The Morgan fingerprint density at radius 1 is 0.952 bits per heavy atom. The van der Waals surface area contributed by atoms with Crippen LogP contribution in [-0.2, 0) is 9.09 Å². The van der Waals surface area contributed by atoms with Gasteiger partial charge in [-0.3, -0.25) is 4.52 Å². The number of hydrogen-bond donors (Lipinski definition) is 2. The van der Waals surface area contributed by atoms with Crippen LogP contribution in [-0.4, -0.2) is 48.1 Å². The average molecular weight is 324 g/mol. The first-order valence-corrected chi connectivity index (χ1v) is 9.71. The fraction of sp³-hybridized carbons (Fsp3) is 1.00. The van der Waals surface area contributed by atoms with E-state index in [9.17, 15) is 4.57 Å². The van der Waals surface area contributed by atoms with E-state index in [0.717, 1.165) is 19.3 Å². The van der Waals surface area contributed by atoms with Gasteiger partial charge in [-0.25, -0.2) is 4.57 Å². The van der Waals surface area contributed by atoms with Crippen LogP contribution in [0, 0.1) is 0 Å². The Labute approximate surface area is 130 Å². The molecule has 0 amide bonds. The van der Waals surface area contributed by atoms with Crippen LogP contribution in [0.3, 0.4) is 0 Å². The first-order chi connectivity index (χ1) is 9.64. The number of phosphoric acid groups is 1. The molecule has 0 rings (SSSR count). The number of unbranched alkanes of at least 4 members (excludes halogenated alkanes) is 7. The SMILES string of the molecule is CCCCCCCCCCC(C[N+](C)(C)C)OP(=O)(O)O. The molecule has 2 N–H and O–H groups in total. The van der Waals surface area contributed by atoms with Crippen LogP contribution in [0.4, 0.5) is 0 Å². The van der Waals surface area contributed by atoms with E-state index in [1.807, 2.05) is 21.1 Å². The first kappa shape index (κ1) is 21.1. The molecule has 0 aliphatic carbocycles. The fourth-order valence-corrected chi connectivity index (χ4v) is 3.05. The second-order valence-electron chi connectivity index (χ2n) is 6.95. The van der Waals surface area contributed by atoms with Crippen LogP contribution in [0.25, 0.3) is 0 Å². The molecule has 0 heterocycles. The Hall–Kier alpha value is 0.0700. The molecule has 0 aliphatic heterocycles. The van der Waals surface area contributed by atoms with E-state index in [0.29, 0.717) is 11.0 Å². The summed E-state index contributed by atoms with van der Waals surface area (Å²) < 4.78 is 16.6. The van der Waals surface area contributed by atoms with Crippen molar-refractivity contribution < 1.29 is 23.4 Å². The van der Waals surface area contributed by atoms with Crippen molar-refractivity contribution in [3.8, 4) is 0 Å². The molecule has 0 aromatic rings. The smallest absolute Gasteiger partial charge is 0.329 e. The summed E-state index contributed by atoms with van der Waals surface area (Å²) in [5, 5.41) is 0. The molecule has 0 saturated heterocycles. The summed E-state index contributed by atoms with van der Waals surface area (Å²) in [4.78, 5) is 18.0. The van der Waals surface area contributed by atoms with Gasteiger partial charge in [0.1, 0.15) is 12.6 Å². The van der Waals surface area contributed by atoms with Gasteiger partial charge in [0.15, 0.2) is 0 Å². The van der Waals surface area contributed by atoms with Crippen LogP contribution in [0.1, 0.15) is 64.7 Å². The standard InChI is InChI=1S/C15H34NO4P/c1-5-6-7-8-9-10-11-12-13-15(14-16(2,3)4)20-21(17,18)19/h15H,5-14H2,1-4H3,(H-,17,18,19)/p+1. The van der Waals surface area contributed by atoms with Crippen LogP contribution < -0.4 is 0 Å². The molecule has 0 saturated carbocycles. The predicted octanol–water partition coefficient (Wildman–Crippen LogP) is 3.70. The van der Waals surface area contributed by atoms with Gasteiger partial charge in [0.25, 0.3) is 0 Å². The predicted molar refractivity (Wildman–Crippen MR) is 87.0 cm³/mol. The lowest BCUT2D eigenvalue weighted by Gasteiger charge is -2.29. The molecule has 128 valence electrons. The zero-order valence-electron chi connectivity index (χ0n) is 14.3. The molecular formula is C15H35NO4P+. The van der Waals surface area contributed by atoms with E-state index in [4.69, 9.17) is 14.3 Å². The Morgan fingerprint density at radius 3 is 1.86 bits per heavy atom. The van der Waals surface area contributed by atoms with Crippen molar-refractivity contribution >= 4 is 7.82 Å². The van der Waals surface area contributed by atoms with Crippen LogP contribution in [0.5, 0.6) is 0 Å². The third kappa shape index (κ3) is 16.3. The third-order valence-electron chi connectivity index (χ3n) is 3.42. The Kier molecular flexibility index (Phi) is 10.8. The second kappa shape index (κ2) is 10.7. The topological polar surface area (TPSA) is 66.8 Å². The largest absolute Gasteiger partial charge is 0.470 e. The maximum absolute atomic E-state index is 11.0. The minimum atomic E-state index is -4.39. The minimum Gasteiger partial charge on any atom is -0.329 e. The molecule has 0 aromatic heterocycles. The lowest BCUT2D eigenvalue weighted by Crippen LogP contribution is -2.42. The zero-order chi connectivity index (χ0) is 16.4. The van der Waals surface area contributed by atoms with Crippen molar-refractivity contribution in [2.75, 3.05) is 27.7 Å². The van der Waals surface area contributed by atoms with Crippen molar-refractivity contribution in [1.82, 2.24) is 0 Å². The molecule has 0 fully saturated rings. The van der Waals surface area contributed by atoms with Crippen molar-refractivity contribution in [2.24, 2.45) is 0 Å². The van der Waals surface area contributed by atoms with Crippen molar-refractivity contribution in [1.29, 1.82) is 0 Å². The summed E-state index contributed by atoms with van der Waals surface area (Å²) in [5.41, 5.74) is 0. The summed E-state index contributed by atoms with van der Waals surface area (Å²) in [6, 6.07) is 0. The van der Waals surface area contributed by atoms with Crippen molar-refractivity contribution in [3.05, 3.63) is 0 Å². The van der Waals surface area contributed by atoms with Crippen LogP contribution >= 0.6 is 7.82 Å². The first-order valence-electron chi connectivity index (χ1n) is 8.18. The molecule has 21 heavy (non-hydrogen) atoms. The van der Waals surface area contributed by atoms with E-state index in [1.165, 1.54) is 38.5 Å². The molecule has 5 nitrogen and oxygen atoms in total. The molecule has 1 unspecified atom stereocenters. The van der Waals surface area contributed by atoms with Gasteiger partial charge in [-0.05, 0) is 6.42 Å². The normalized spacial score (nSPS) is 14.4. The summed E-state index contributed by atoms with van der Waals surface area (Å²) in [6.07, 6.45) is 10.1. The highest BCUT2D eigenvalue weighted by molar-refractivity contribution is 7.46. The van der Waals surface area contributed by atoms with Crippen LogP contribution in [0.15, 0.2) is 0 Å². The maximum Gasteiger partial charge on any atom is 0.470 e. The summed E-state index contributed by atoms with van der Waals surface area (Å²) in [7, 11) is 1.62. The van der Waals surface area contributed by atoms with Gasteiger partial charge in [0.05, 0.1) is 21.1 Å². The summed E-state index contributed by atoms with van der Waals surface area (Å²) >= 11 is 0. The van der Waals surface area contributed by atoms with Crippen molar-refractivity contribution in [3.63, 3.8) is 0 Å². The van der Waals surface area contributed by atoms with E-state index in [1.54, 1.807) is 0 Å². The highest BCUT2D eigenvalue weighted by Gasteiger charge is 2.26. The van der Waals surface area contributed by atoms with Gasteiger partial charge in [0.2, 0.25) is 0 Å².